The van der Waals surface area contributed by atoms with Gasteiger partial charge >= 0.3 is 0 Å². The number of pyridine rings is 1. The molecule has 0 radical (unpaired) electrons. The lowest BCUT2D eigenvalue weighted by Crippen LogP contribution is -2.39. The quantitative estimate of drug-likeness (QED) is 0.711. The summed E-state index contributed by atoms with van der Waals surface area (Å²) in [6.07, 6.45) is 5.16. The first-order valence-electron chi connectivity index (χ1n) is 5.31. The summed E-state index contributed by atoms with van der Waals surface area (Å²) in [6.45, 7) is 3.52. The summed E-state index contributed by atoms with van der Waals surface area (Å²) in [6, 6.07) is 4.87. The molecule has 0 saturated carbocycles. The molecule has 2 bridgehead atoms. The van der Waals surface area contributed by atoms with Crippen LogP contribution in [0.2, 0.25) is 0 Å². The molecule has 0 aromatic carbocycles. The number of hydrogen-bond donors (Lipinski definition) is 1. The molecule has 3 heterocycles. The molecule has 2 fully saturated rings. The molecule has 3 nitrogen and oxygen atoms in total. The normalized spacial score (nSPS) is 30.7. The number of hydrogen-bond acceptors (Lipinski definition) is 3. The Kier molecular flexibility index (Phi) is 1.91. The van der Waals surface area contributed by atoms with E-state index in [1.165, 1.54) is 25.2 Å². The zero-order chi connectivity index (χ0) is 9.38. The van der Waals surface area contributed by atoms with Gasteiger partial charge in [0.25, 0.3) is 0 Å². The van der Waals surface area contributed by atoms with Crippen molar-refractivity contribution in [2.75, 3.05) is 24.5 Å². The van der Waals surface area contributed by atoms with Crippen LogP contribution < -0.4 is 10.2 Å². The summed E-state index contributed by atoms with van der Waals surface area (Å²) < 4.78 is 0. The fraction of sp³-hybridized carbons (Fsp3) is 0.545. The van der Waals surface area contributed by atoms with E-state index in [-0.39, 0.29) is 0 Å². The second-order valence-electron chi connectivity index (χ2n) is 4.28. The van der Waals surface area contributed by atoms with Gasteiger partial charge in [-0.05, 0) is 31.0 Å². The molecule has 0 unspecified atom stereocenters. The first-order chi connectivity index (χ1) is 6.93. The molecule has 1 N–H and O–H groups in total. The van der Waals surface area contributed by atoms with Crippen molar-refractivity contribution < 1.29 is 0 Å². The molecule has 0 amide bonds. The van der Waals surface area contributed by atoms with E-state index in [9.17, 15) is 0 Å². The van der Waals surface area contributed by atoms with Crippen molar-refractivity contribution in [1.29, 1.82) is 0 Å². The zero-order valence-corrected chi connectivity index (χ0v) is 8.19. The number of rotatable bonds is 1. The van der Waals surface area contributed by atoms with E-state index in [1.54, 1.807) is 0 Å². The average molecular weight is 189 g/mol. The van der Waals surface area contributed by atoms with Gasteiger partial charge in [0.2, 0.25) is 0 Å². The molecule has 3 rings (SSSR count). The maximum Gasteiger partial charge on any atom is 0.0555 e. The van der Waals surface area contributed by atoms with Gasteiger partial charge < -0.3 is 10.2 Å². The second-order valence-corrected chi connectivity index (χ2v) is 4.28. The standard InChI is InChI=1S/C11H15N3/c1-2-10(6-12-3-1)14-8-9-4-11(14)7-13-5-9/h1-3,6,9,11,13H,4-5,7-8H2/t9-,11-/m0/s1. The van der Waals surface area contributed by atoms with Crippen molar-refractivity contribution in [2.24, 2.45) is 5.92 Å². The van der Waals surface area contributed by atoms with Crippen molar-refractivity contribution >= 4 is 5.69 Å². The van der Waals surface area contributed by atoms with Crippen LogP contribution in [0.4, 0.5) is 5.69 Å². The number of nitrogens with one attached hydrogen (secondary N) is 1. The highest BCUT2D eigenvalue weighted by molar-refractivity contribution is 5.46. The van der Waals surface area contributed by atoms with Crippen LogP contribution in [-0.2, 0) is 0 Å². The van der Waals surface area contributed by atoms with Crippen molar-refractivity contribution in [1.82, 2.24) is 10.3 Å². The van der Waals surface area contributed by atoms with Gasteiger partial charge in [0.15, 0.2) is 0 Å². The molecule has 2 aliphatic heterocycles. The summed E-state index contributed by atoms with van der Waals surface area (Å²) in [5.74, 6) is 0.842. The first kappa shape index (κ1) is 8.24. The van der Waals surface area contributed by atoms with Crippen LogP contribution in [0.1, 0.15) is 6.42 Å². The number of nitrogens with zero attached hydrogens (tertiary/aromatic N) is 2. The van der Waals surface area contributed by atoms with Crippen LogP contribution in [0.15, 0.2) is 24.5 Å². The van der Waals surface area contributed by atoms with Crippen LogP contribution in [0.3, 0.4) is 0 Å². The van der Waals surface area contributed by atoms with Crippen LogP contribution in [0.5, 0.6) is 0 Å². The fourth-order valence-electron chi connectivity index (χ4n) is 2.65. The number of anilines is 1. The van der Waals surface area contributed by atoms with Crippen LogP contribution >= 0.6 is 0 Å². The molecule has 1 aromatic rings. The molecule has 74 valence electrons. The molecular formula is C11H15N3. The Bertz CT molecular complexity index is 312. The molecule has 0 aliphatic carbocycles. The van der Waals surface area contributed by atoms with Crippen LogP contribution in [0, 0.1) is 5.92 Å². The Labute approximate surface area is 84.1 Å². The maximum absolute atomic E-state index is 4.18. The van der Waals surface area contributed by atoms with E-state index in [4.69, 9.17) is 0 Å². The highest BCUT2D eigenvalue weighted by Crippen LogP contribution is 2.30. The van der Waals surface area contributed by atoms with Gasteiger partial charge in [0.1, 0.15) is 0 Å². The monoisotopic (exact) mass is 189 g/mol. The van der Waals surface area contributed by atoms with Gasteiger partial charge in [0.05, 0.1) is 11.9 Å². The van der Waals surface area contributed by atoms with Crippen LogP contribution in [0.25, 0.3) is 0 Å². The van der Waals surface area contributed by atoms with Gasteiger partial charge in [-0.1, -0.05) is 0 Å². The number of piperidine rings is 1. The Balaban J connectivity index is 1.86. The largest absolute Gasteiger partial charge is 0.366 e. The minimum absolute atomic E-state index is 0.693. The third kappa shape index (κ3) is 1.28. The van der Waals surface area contributed by atoms with Gasteiger partial charge in [-0.2, -0.15) is 0 Å². The van der Waals surface area contributed by atoms with E-state index in [0.29, 0.717) is 6.04 Å². The minimum atomic E-state index is 0.693. The van der Waals surface area contributed by atoms with Gasteiger partial charge in [-0.15, -0.1) is 0 Å². The first-order valence-corrected chi connectivity index (χ1v) is 5.31. The predicted molar refractivity (Wildman–Crippen MR) is 56.3 cm³/mol. The Morgan fingerprint density at radius 2 is 2.43 bits per heavy atom. The van der Waals surface area contributed by atoms with Gasteiger partial charge in [0, 0.05) is 25.3 Å². The molecule has 0 spiro atoms. The SMILES string of the molecule is c1cncc(N2C[C@@H]3CNC[C@@H]2C3)c1. The molecule has 14 heavy (non-hydrogen) atoms. The summed E-state index contributed by atoms with van der Waals surface area (Å²) >= 11 is 0. The molecule has 1 aromatic heterocycles. The highest BCUT2D eigenvalue weighted by atomic mass is 15.2. The van der Waals surface area contributed by atoms with Crippen molar-refractivity contribution in [3.63, 3.8) is 0 Å². The van der Waals surface area contributed by atoms with Crippen molar-refractivity contribution in [3.05, 3.63) is 24.5 Å². The van der Waals surface area contributed by atoms with E-state index in [2.05, 4.69) is 21.3 Å². The Hall–Kier alpha value is -1.09. The van der Waals surface area contributed by atoms with Crippen molar-refractivity contribution in [2.45, 2.75) is 12.5 Å². The zero-order valence-electron chi connectivity index (χ0n) is 8.19. The van der Waals surface area contributed by atoms with Gasteiger partial charge in [-0.3, -0.25) is 4.98 Å². The van der Waals surface area contributed by atoms with Gasteiger partial charge in [-0.25, -0.2) is 0 Å². The lowest BCUT2D eigenvalue weighted by atomic mass is 10.0. The van der Waals surface area contributed by atoms with E-state index in [0.717, 1.165) is 12.5 Å². The Morgan fingerprint density at radius 3 is 3.21 bits per heavy atom. The molecule has 2 saturated heterocycles. The highest BCUT2D eigenvalue weighted by Gasteiger charge is 2.34. The second kappa shape index (κ2) is 3.24. The summed E-state index contributed by atoms with van der Waals surface area (Å²) in [4.78, 5) is 6.68. The molecule has 2 atom stereocenters. The van der Waals surface area contributed by atoms with Crippen LogP contribution in [-0.4, -0.2) is 30.7 Å². The third-order valence-electron chi connectivity index (χ3n) is 3.29. The average Bonchev–Trinajstić information content (AvgIpc) is 2.55. The summed E-state index contributed by atoms with van der Waals surface area (Å²) in [5.41, 5.74) is 1.28. The third-order valence-corrected chi connectivity index (χ3v) is 3.29. The lowest BCUT2D eigenvalue weighted by Gasteiger charge is -2.26. The summed E-state index contributed by atoms with van der Waals surface area (Å²) in [7, 11) is 0. The van der Waals surface area contributed by atoms with E-state index in [1.807, 2.05) is 18.5 Å². The molecular weight excluding hydrogens is 174 g/mol. The maximum atomic E-state index is 4.18. The van der Waals surface area contributed by atoms with Crippen molar-refractivity contribution in [3.8, 4) is 0 Å². The lowest BCUT2D eigenvalue weighted by molar-refractivity contribution is 0.434. The van der Waals surface area contributed by atoms with E-state index < -0.39 is 0 Å². The predicted octanol–water partition coefficient (Wildman–Crippen LogP) is 0.880. The number of fused-ring (bicyclic) bond motifs is 2. The Morgan fingerprint density at radius 1 is 1.43 bits per heavy atom. The smallest absolute Gasteiger partial charge is 0.0555 e. The molecule has 3 heteroatoms. The minimum Gasteiger partial charge on any atom is -0.366 e. The van der Waals surface area contributed by atoms with E-state index >= 15 is 0 Å². The number of aromatic nitrogens is 1. The summed E-state index contributed by atoms with van der Waals surface area (Å²) in [5, 5.41) is 3.48. The topological polar surface area (TPSA) is 28.2 Å². The fourth-order valence-corrected chi connectivity index (χ4v) is 2.65. The molecule has 2 aliphatic rings.